The molecule has 0 fully saturated rings. The van der Waals surface area contributed by atoms with E-state index < -0.39 is 0 Å². The molecular weight excluding hydrogens is 118 g/mol. The van der Waals surface area contributed by atoms with Gasteiger partial charge in [0, 0.05) is 0 Å². The Morgan fingerprint density at radius 3 is 2.78 bits per heavy atom. The summed E-state index contributed by atoms with van der Waals surface area (Å²) in [7, 11) is 1.39. The molecule has 3 nitrogen and oxygen atoms in total. The highest BCUT2D eigenvalue weighted by Gasteiger charge is 1.84. The van der Waals surface area contributed by atoms with Crippen LogP contribution in [0.4, 0.5) is 0 Å². The number of rotatable bonds is 3. The molecule has 0 rings (SSSR count). The molecule has 50 valence electrons. The minimum atomic E-state index is -0.167. The average Bonchev–Trinajstić information content (AvgIpc) is 1.85. The number of nitrogens with zero attached hydrogens (tertiary/aromatic N) is 1. The normalized spacial score (nSPS) is 10.9. The fraction of sp³-hybridized carbons (Fsp3) is 0.333. The molecule has 0 aliphatic carbocycles. The molecule has 0 unspecified atom stereocenters. The summed E-state index contributed by atoms with van der Waals surface area (Å²) in [6.45, 7) is 1.76. The molecular formula is C6H9NO2. The lowest BCUT2D eigenvalue weighted by molar-refractivity contribution is -0.108. The maximum atomic E-state index is 10.5. The van der Waals surface area contributed by atoms with Crippen LogP contribution in [0.5, 0.6) is 0 Å². The second-order valence-electron chi connectivity index (χ2n) is 1.32. The lowest BCUT2D eigenvalue weighted by atomic mass is 10.4. The van der Waals surface area contributed by atoms with Crippen LogP contribution in [-0.2, 0) is 9.63 Å². The first-order valence-corrected chi connectivity index (χ1v) is 2.54. The first-order chi connectivity index (χ1) is 4.31. The molecule has 0 atom stereocenters. The van der Waals surface area contributed by atoms with Gasteiger partial charge in [-0.2, -0.15) is 0 Å². The van der Waals surface area contributed by atoms with Crippen LogP contribution in [0.2, 0.25) is 0 Å². The summed E-state index contributed by atoms with van der Waals surface area (Å²) in [6, 6.07) is 0. The highest BCUT2D eigenvalue weighted by molar-refractivity contribution is 6.32. The van der Waals surface area contributed by atoms with Gasteiger partial charge in [-0.3, -0.25) is 4.79 Å². The Morgan fingerprint density at radius 2 is 2.33 bits per heavy atom. The van der Waals surface area contributed by atoms with Gasteiger partial charge in [-0.15, -0.1) is 0 Å². The molecule has 3 heteroatoms. The molecule has 0 heterocycles. The van der Waals surface area contributed by atoms with Crippen LogP contribution in [0, 0.1) is 0 Å². The largest absolute Gasteiger partial charge is 0.399 e. The highest BCUT2D eigenvalue weighted by atomic mass is 16.6. The summed E-state index contributed by atoms with van der Waals surface area (Å²) in [6.07, 6.45) is 4.16. The summed E-state index contributed by atoms with van der Waals surface area (Å²) in [5, 5.41) is 3.26. The molecule has 0 spiro atoms. The molecule has 0 aliphatic heterocycles. The van der Waals surface area contributed by atoms with E-state index in [-0.39, 0.29) is 5.78 Å². The topological polar surface area (TPSA) is 38.7 Å². The third-order valence-electron chi connectivity index (χ3n) is 0.616. The van der Waals surface area contributed by atoms with Crippen LogP contribution >= 0.6 is 0 Å². The van der Waals surface area contributed by atoms with Crippen LogP contribution in [-0.4, -0.2) is 19.1 Å². The predicted molar refractivity (Wildman–Crippen MR) is 35.3 cm³/mol. The summed E-state index contributed by atoms with van der Waals surface area (Å²) in [4.78, 5) is 14.8. The van der Waals surface area contributed by atoms with Crippen molar-refractivity contribution in [3.05, 3.63) is 12.2 Å². The Morgan fingerprint density at radius 1 is 1.67 bits per heavy atom. The number of oxime groups is 1. The lowest BCUT2D eigenvalue weighted by Crippen LogP contribution is -1.92. The zero-order chi connectivity index (χ0) is 7.11. The van der Waals surface area contributed by atoms with Gasteiger partial charge in [0.05, 0.1) is 0 Å². The van der Waals surface area contributed by atoms with E-state index in [0.717, 1.165) is 6.21 Å². The van der Waals surface area contributed by atoms with E-state index in [4.69, 9.17) is 0 Å². The number of carbonyl (C=O) groups is 1. The van der Waals surface area contributed by atoms with Crippen molar-refractivity contribution in [2.24, 2.45) is 5.16 Å². The van der Waals surface area contributed by atoms with E-state index in [1.54, 1.807) is 13.0 Å². The van der Waals surface area contributed by atoms with Crippen molar-refractivity contribution in [1.29, 1.82) is 0 Å². The molecule has 0 aromatic heterocycles. The van der Waals surface area contributed by atoms with E-state index in [0.29, 0.717) is 0 Å². The maximum absolute atomic E-state index is 10.5. The fourth-order valence-corrected chi connectivity index (χ4v) is 0.312. The van der Waals surface area contributed by atoms with Gasteiger partial charge in [-0.25, -0.2) is 0 Å². The van der Waals surface area contributed by atoms with Crippen LogP contribution in [0.25, 0.3) is 0 Å². The minimum absolute atomic E-state index is 0.167. The van der Waals surface area contributed by atoms with Gasteiger partial charge in [0.15, 0.2) is 5.78 Å². The number of hydrogen-bond acceptors (Lipinski definition) is 3. The minimum Gasteiger partial charge on any atom is -0.399 e. The smallest absolute Gasteiger partial charge is 0.199 e. The maximum Gasteiger partial charge on any atom is 0.199 e. The second kappa shape index (κ2) is 5.03. The van der Waals surface area contributed by atoms with Gasteiger partial charge < -0.3 is 4.84 Å². The summed E-state index contributed by atoms with van der Waals surface area (Å²) in [5.41, 5.74) is 0. The monoisotopic (exact) mass is 127 g/mol. The van der Waals surface area contributed by atoms with E-state index in [1.165, 1.54) is 13.2 Å². The van der Waals surface area contributed by atoms with Crippen molar-refractivity contribution in [3.8, 4) is 0 Å². The molecule has 0 bridgehead atoms. The Balaban J connectivity index is 3.63. The van der Waals surface area contributed by atoms with Crippen molar-refractivity contribution in [2.45, 2.75) is 6.92 Å². The Bertz CT molecular complexity index is 138. The molecule has 0 amide bonds. The molecule has 0 aromatic carbocycles. The number of carbonyl (C=O) groups excluding carboxylic acids is 1. The quantitative estimate of drug-likeness (QED) is 0.319. The predicted octanol–water partition coefficient (Wildman–Crippen LogP) is 0.764. The molecule has 0 saturated heterocycles. The molecule has 0 radical (unpaired) electrons. The van der Waals surface area contributed by atoms with Gasteiger partial charge >= 0.3 is 0 Å². The summed E-state index contributed by atoms with van der Waals surface area (Å²) >= 11 is 0. The lowest BCUT2D eigenvalue weighted by Gasteiger charge is -1.81. The highest BCUT2D eigenvalue weighted by Crippen LogP contribution is 1.72. The number of ketones is 1. The third kappa shape index (κ3) is 4.74. The first kappa shape index (κ1) is 7.88. The molecule has 0 aromatic rings. The Kier molecular flexibility index (Phi) is 4.40. The second-order valence-corrected chi connectivity index (χ2v) is 1.32. The third-order valence-corrected chi connectivity index (χ3v) is 0.616. The SMILES string of the molecule is CC=CC(=O)C=NOC. The summed E-state index contributed by atoms with van der Waals surface area (Å²) < 4.78 is 0. The van der Waals surface area contributed by atoms with Gasteiger partial charge in [-0.1, -0.05) is 11.2 Å². The van der Waals surface area contributed by atoms with Crippen LogP contribution in [0.15, 0.2) is 17.3 Å². The van der Waals surface area contributed by atoms with Gasteiger partial charge in [0.25, 0.3) is 0 Å². The summed E-state index contributed by atoms with van der Waals surface area (Å²) in [5.74, 6) is -0.167. The molecule has 0 N–H and O–H groups in total. The Labute approximate surface area is 54.0 Å². The van der Waals surface area contributed by atoms with E-state index in [9.17, 15) is 4.79 Å². The van der Waals surface area contributed by atoms with Crippen LogP contribution in [0.3, 0.4) is 0 Å². The molecule has 9 heavy (non-hydrogen) atoms. The standard InChI is InChI=1S/C6H9NO2/c1-3-4-6(8)5-7-9-2/h3-5H,1-2H3. The average molecular weight is 127 g/mol. The zero-order valence-electron chi connectivity index (χ0n) is 5.50. The zero-order valence-corrected chi connectivity index (χ0v) is 5.50. The Hall–Kier alpha value is -1.12. The number of allylic oxidation sites excluding steroid dienone is 2. The van der Waals surface area contributed by atoms with Gasteiger partial charge in [0.2, 0.25) is 0 Å². The van der Waals surface area contributed by atoms with Crippen molar-refractivity contribution in [2.75, 3.05) is 7.11 Å². The first-order valence-electron chi connectivity index (χ1n) is 2.54. The van der Waals surface area contributed by atoms with E-state index in [2.05, 4.69) is 9.99 Å². The van der Waals surface area contributed by atoms with Crippen LogP contribution in [0.1, 0.15) is 6.92 Å². The molecule has 0 aliphatic rings. The number of hydrogen-bond donors (Lipinski definition) is 0. The van der Waals surface area contributed by atoms with Crippen molar-refractivity contribution < 1.29 is 9.63 Å². The van der Waals surface area contributed by atoms with E-state index >= 15 is 0 Å². The van der Waals surface area contributed by atoms with Crippen molar-refractivity contribution in [3.63, 3.8) is 0 Å². The molecule has 0 saturated carbocycles. The van der Waals surface area contributed by atoms with E-state index in [1.807, 2.05) is 0 Å². The van der Waals surface area contributed by atoms with Crippen LogP contribution < -0.4 is 0 Å². The fourth-order valence-electron chi connectivity index (χ4n) is 0.312. The van der Waals surface area contributed by atoms with Gasteiger partial charge in [-0.05, 0) is 13.0 Å². The van der Waals surface area contributed by atoms with Gasteiger partial charge in [0.1, 0.15) is 13.3 Å². The van der Waals surface area contributed by atoms with Crippen molar-refractivity contribution >= 4 is 12.0 Å². The van der Waals surface area contributed by atoms with Crippen molar-refractivity contribution in [1.82, 2.24) is 0 Å².